The van der Waals surface area contributed by atoms with Crippen LogP contribution in [0, 0.1) is 0 Å². The van der Waals surface area contributed by atoms with Crippen LogP contribution in [0.3, 0.4) is 0 Å². The molecular formula is C20H24N6OS. The number of anilines is 1. The van der Waals surface area contributed by atoms with Gasteiger partial charge in [0.05, 0.1) is 6.20 Å². The van der Waals surface area contributed by atoms with Crippen molar-refractivity contribution in [3.05, 3.63) is 47.4 Å². The molecular weight excluding hydrogens is 372 g/mol. The number of pyridine rings is 1. The lowest BCUT2D eigenvalue weighted by molar-refractivity contribution is 0.0946. The van der Waals surface area contributed by atoms with Gasteiger partial charge in [0.15, 0.2) is 0 Å². The van der Waals surface area contributed by atoms with Crippen molar-refractivity contribution in [1.82, 2.24) is 25.1 Å². The second kappa shape index (κ2) is 8.52. The molecule has 0 bridgehead atoms. The van der Waals surface area contributed by atoms with Gasteiger partial charge in [0, 0.05) is 50.0 Å². The predicted molar refractivity (Wildman–Crippen MR) is 110 cm³/mol. The summed E-state index contributed by atoms with van der Waals surface area (Å²) >= 11 is 1.44. The summed E-state index contributed by atoms with van der Waals surface area (Å²) in [4.78, 5) is 23.8. The molecule has 1 aliphatic heterocycles. The van der Waals surface area contributed by atoms with E-state index in [-0.39, 0.29) is 5.91 Å². The Kier molecular flexibility index (Phi) is 5.66. The van der Waals surface area contributed by atoms with Crippen molar-refractivity contribution in [1.29, 1.82) is 0 Å². The molecule has 1 amide bonds. The number of amides is 1. The van der Waals surface area contributed by atoms with Gasteiger partial charge in [0.1, 0.15) is 16.5 Å². The average molecular weight is 397 g/mol. The van der Waals surface area contributed by atoms with Crippen molar-refractivity contribution in [3.63, 3.8) is 0 Å². The number of carbonyl (C=O) groups excluding carboxylic acids is 1. The van der Waals surface area contributed by atoms with E-state index in [4.69, 9.17) is 0 Å². The molecule has 0 aromatic carbocycles. The highest BCUT2D eigenvalue weighted by molar-refractivity contribution is 7.13. The number of hydrogen-bond donors (Lipinski definition) is 1. The van der Waals surface area contributed by atoms with Crippen molar-refractivity contribution in [2.75, 3.05) is 18.0 Å². The van der Waals surface area contributed by atoms with Crippen molar-refractivity contribution < 1.29 is 4.79 Å². The summed E-state index contributed by atoms with van der Waals surface area (Å²) in [6.07, 6.45) is 10.6. The smallest absolute Gasteiger partial charge is 0.271 e. The summed E-state index contributed by atoms with van der Waals surface area (Å²) in [6, 6.07) is 4.09. The Labute approximate surface area is 168 Å². The standard InChI is InChI=1S/C20H24N6OS/c1-25-13-16(12-23-25)20-24-17(14-28-20)19(27)22-11-15-6-7-18(21-10-15)26-8-4-2-3-5-9-26/h6-7,10,12-14H,2-5,8-9,11H2,1H3,(H,22,27). The Bertz CT molecular complexity index is 924. The largest absolute Gasteiger partial charge is 0.357 e. The first-order chi connectivity index (χ1) is 13.7. The van der Waals surface area contributed by atoms with Crippen LogP contribution in [0.15, 0.2) is 36.1 Å². The second-order valence-corrected chi connectivity index (χ2v) is 7.91. The van der Waals surface area contributed by atoms with Crippen LogP contribution >= 0.6 is 11.3 Å². The molecule has 0 aliphatic carbocycles. The number of thiazole rings is 1. The third-order valence-corrected chi connectivity index (χ3v) is 5.77. The number of hydrogen-bond acceptors (Lipinski definition) is 6. The van der Waals surface area contributed by atoms with Gasteiger partial charge in [-0.05, 0) is 24.5 Å². The number of nitrogens with one attached hydrogen (secondary N) is 1. The van der Waals surface area contributed by atoms with Gasteiger partial charge >= 0.3 is 0 Å². The lowest BCUT2D eigenvalue weighted by Crippen LogP contribution is -2.25. The van der Waals surface area contributed by atoms with E-state index in [0.29, 0.717) is 12.2 Å². The molecule has 0 saturated carbocycles. The second-order valence-electron chi connectivity index (χ2n) is 7.05. The van der Waals surface area contributed by atoms with Crippen LogP contribution in [-0.2, 0) is 13.6 Å². The van der Waals surface area contributed by atoms with Crippen molar-refractivity contribution in [2.24, 2.45) is 7.05 Å². The number of aromatic nitrogens is 4. The maximum Gasteiger partial charge on any atom is 0.271 e. The van der Waals surface area contributed by atoms with Gasteiger partial charge in [-0.15, -0.1) is 11.3 Å². The van der Waals surface area contributed by atoms with Gasteiger partial charge in [0.25, 0.3) is 5.91 Å². The normalized spacial score (nSPS) is 14.7. The van der Waals surface area contributed by atoms with E-state index >= 15 is 0 Å². The van der Waals surface area contributed by atoms with Crippen LogP contribution in [-0.4, -0.2) is 38.7 Å². The number of nitrogens with zero attached hydrogens (tertiary/aromatic N) is 5. The van der Waals surface area contributed by atoms with Crippen molar-refractivity contribution >= 4 is 23.1 Å². The minimum atomic E-state index is -0.178. The number of aryl methyl sites for hydroxylation is 1. The molecule has 4 rings (SSSR count). The zero-order valence-electron chi connectivity index (χ0n) is 16.0. The fourth-order valence-electron chi connectivity index (χ4n) is 3.32. The third kappa shape index (κ3) is 4.39. The quantitative estimate of drug-likeness (QED) is 0.716. The third-order valence-electron chi connectivity index (χ3n) is 4.88. The number of rotatable bonds is 5. The molecule has 1 N–H and O–H groups in total. The lowest BCUT2D eigenvalue weighted by atomic mass is 10.2. The Morgan fingerprint density at radius 3 is 2.68 bits per heavy atom. The molecule has 8 heteroatoms. The molecule has 0 radical (unpaired) electrons. The molecule has 4 heterocycles. The van der Waals surface area contributed by atoms with Gasteiger partial charge in [-0.1, -0.05) is 18.9 Å². The first-order valence-electron chi connectivity index (χ1n) is 9.62. The van der Waals surface area contributed by atoms with Gasteiger partial charge in [-0.3, -0.25) is 9.48 Å². The Morgan fingerprint density at radius 1 is 1.18 bits per heavy atom. The Hall–Kier alpha value is -2.74. The zero-order valence-corrected chi connectivity index (χ0v) is 16.8. The van der Waals surface area contributed by atoms with Crippen LogP contribution in [0.4, 0.5) is 5.82 Å². The van der Waals surface area contributed by atoms with Gasteiger partial charge < -0.3 is 10.2 Å². The van der Waals surface area contributed by atoms with Crippen LogP contribution in [0.5, 0.6) is 0 Å². The lowest BCUT2D eigenvalue weighted by Gasteiger charge is -2.21. The molecule has 146 valence electrons. The molecule has 1 fully saturated rings. The van der Waals surface area contributed by atoms with Crippen LogP contribution < -0.4 is 10.2 Å². The van der Waals surface area contributed by atoms with Crippen LogP contribution in [0.25, 0.3) is 10.6 Å². The SMILES string of the molecule is Cn1cc(-c2nc(C(=O)NCc3ccc(N4CCCCCC4)nc3)cs2)cn1. The summed E-state index contributed by atoms with van der Waals surface area (Å²) in [5, 5.41) is 9.64. The first kappa shape index (κ1) is 18.6. The molecule has 0 atom stereocenters. The molecule has 1 saturated heterocycles. The summed E-state index contributed by atoms with van der Waals surface area (Å²) in [5.74, 6) is 0.848. The Balaban J connectivity index is 1.34. The molecule has 0 spiro atoms. The molecule has 7 nitrogen and oxygen atoms in total. The minimum absolute atomic E-state index is 0.178. The van der Waals surface area contributed by atoms with Gasteiger partial charge in [-0.2, -0.15) is 5.10 Å². The molecule has 28 heavy (non-hydrogen) atoms. The van der Waals surface area contributed by atoms with E-state index in [0.717, 1.165) is 35.0 Å². The maximum atomic E-state index is 12.4. The monoisotopic (exact) mass is 396 g/mol. The molecule has 3 aromatic heterocycles. The van der Waals surface area contributed by atoms with E-state index in [1.54, 1.807) is 16.3 Å². The zero-order chi connectivity index (χ0) is 19.3. The van der Waals surface area contributed by atoms with E-state index in [1.165, 1.54) is 37.0 Å². The molecule has 3 aromatic rings. The highest BCUT2D eigenvalue weighted by Crippen LogP contribution is 2.23. The van der Waals surface area contributed by atoms with E-state index in [1.807, 2.05) is 25.5 Å². The molecule has 0 unspecified atom stereocenters. The highest BCUT2D eigenvalue weighted by Gasteiger charge is 2.14. The van der Waals surface area contributed by atoms with Gasteiger partial charge in [-0.25, -0.2) is 9.97 Å². The van der Waals surface area contributed by atoms with E-state index in [2.05, 4.69) is 31.3 Å². The first-order valence-corrected chi connectivity index (χ1v) is 10.5. The minimum Gasteiger partial charge on any atom is -0.357 e. The summed E-state index contributed by atoms with van der Waals surface area (Å²) in [6.45, 7) is 2.59. The summed E-state index contributed by atoms with van der Waals surface area (Å²) in [5.41, 5.74) is 2.33. The topological polar surface area (TPSA) is 75.9 Å². The van der Waals surface area contributed by atoms with Crippen LogP contribution in [0.2, 0.25) is 0 Å². The van der Waals surface area contributed by atoms with E-state index < -0.39 is 0 Å². The van der Waals surface area contributed by atoms with Crippen molar-refractivity contribution in [3.8, 4) is 10.6 Å². The summed E-state index contributed by atoms with van der Waals surface area (Å²) in [7, 11) is 1.86. The van der Waals surface area contributed by atoms with Crippen molar-refractivity contribution in [2.45, 2.75) is 32.2 Å². The molecule has 1 aliphatic rings. The van der Waals surface area contributed by atoms with Crippen LogP contribution in [0.1, 0.15) is 41.7 Å². The van der Waals surface area contributed by atoms with E-state index in [9.17, 15) is 4.79 Å². The summed E-state index contributed by atoms with van der Waals surface area (Å²) < 4.78 is 1.72. The predicted octanol–water partition coefficient (Wildman–Crippen LogP) is 3.25. The fraction of sp³-hybridized carbons (Fsp3) is 0.400. The highest BCUT2D eigenvalue weighted by atomic mass is 32.1. The fourth-order valence-corrected chi connectivity index (χ4v) is 4.10. The number of carbonyl (C=O) groups is 1. The average Bonchev–Trinajstić information content (AvgIpc) is 3.28. The maximum absolute atomic E-state index is 12.4. The van der Waals surface area contributed by atoms with Gasteiger partial charge in [0.2, 0.25) is 0 Å². The Morgan fingerprint density at radius 2 is 2.00 bits per heavy atom.